The molecule has 1 aliphatic rings. The van der Waals surface area contributed by atoms with Gasteiger partial charge in [-0.25, -0.2) is 5.43 Å². The van der Waals surface area contributed by atoms with E-state index in [1.165, 1.54) is 19.4 Å². The quantitative estimate of drug-likeness (QED) is 0.308. The van der Waals surface area contributed by atoms with Crippen molar-refractivity contribution in [2.45, 2.75) is 0 Å². The van der Waals surface area contributed by atoms with Crippen molar-refractivity contribution >= 4 is 47.0 Å². The highest BCUT2D eigenvalue weighted by atomic mass is 35.5. The molecule has 0 saturated heterocycles. The molecule has 0 bridgehead atoms. The summed E-state index contributed by atoms with van der Waals surface area (Å²) in [5.74, 6) is -0.122. The van der Waals surface area contributed by atoms with Gasteiger partial charge in [0, 0.05) is 39.0 Å². The lowest BCUT2D eigenvalue weighted by atomic mass is 10.0. The number of hydrazone groups is 1. The van der Waals surface area contributed by atoms with Crippen molar-refractivity contribution in [3.63, 3.8) is 0 Å². The maximum atomic E-state index is 12.3. The highest BCUT2D eigenvalue weighted by Crippen LogP contribution is 2.34. The monoisotopic (exact) mass is 447 g/mol. The van der Waals surface area contributed by atoms with E-state index < -0.39 is 5.91 Å². The van der Waals surface area contributed by atoms with Gasteiger partial charge < -0.3 is 15.2 Å². The van der Waals surface area contributed by atoms with Crippen molar-refractivity contribution < 1.29 is 19.4 Å². The zero-order chi connectivity index (χ0) is 22.7. The number of nitrogens with zero attached hydrogens (tertiary/aromatic N) is 1. The normalized spacial score (nSPS) is 13.8. The average Bonchev–Trinajstić information content (AvgIpc) is 3.09. The number of methoxy groups -OCH3 is 1. The summed E-state index contributed by atoms with van der Waals surface area (Å²) in [6.07, 6.45) is 3.08. The minimum atomic E-state index is -0.413. The molecular weight excluding hydrogens is 430 g/mol. The van der Waals surface area contributed by atoms with Crippen molar-refractivity contribution in [1.29, 1.82) is 0 Å². The molecule has 32 heavy (non-hydrogen) atoms. The number of carbonyl (C=O) groups is 2. The van der Waals surface area contributed by atoms with Crippen LogP contribution in [0.5, 0.6) is 11.5 Å². The summed E-state index contributed by atoms with van der Waals surface area (Å²) in [7, 11) is 1.50. The number of hydrogen-bond acceptors (Lipinski definition) is 5. The number of phenols is 1. The van der Waals surface area contributed by atoms with E-state index in [0.717, 1.165) is 11.1 Å². The first-order chi connectivity index (χ1) is 15.4. The summed E-state index contributed by atoms with van der Waals surface area (Å²) >= 11 is 6.06. The fraction of sp³-hybridized carbons (Fsp3) is 0.0417. The third-order valence-corrected chi connectivity index (χ3v) is 5.09. The fourth-order valence-electron chi connectivity index (χ4n) is 3.19. The Balaban J connectivity index is 1.45. The predicted octanol–water partition coefficient (Wildman–Crippen LogP) is 4.31. The number of anilines is 1. The second-order valence-electron chi connectivity index (χ2n) is 6.95. The van der Waals surface area contributed by atoms with Crippen molar-refractivity contribution in [1.82, 2.24) is 5.43 Å². The number of rotatable bonds is 5. The van der Waals surface area contributed by atoms with Crippen LogP contribution < -0.4 is 15.5 Å². The fourth-order valence-corrected chi connectivity index (χ4v) is 3.36. The number of phenolic OH excluding ortho intramolecular Hbond substituents is 1. The Morgan fingerprint density at radius 1 is 1.12 bits per heavy atom. The highest BCUT2D eigenvalue weighted by molar-refractivity contribution is 6.36. The maximum Gasteiger partial charge on any atom is 0.271 e. The first kappa shape index (κ1) is 21.1. The van der Waals surface area contributed by atoms with E-state index in [-0.39, 0.29) is 11.7 Å². The molecule has 3 aromatic rings. The van der Waals surface area contributed by atoms with Crippen LogP contribution in [0.25, 0.3) is 11.6 Å². The number of fused-ring (bicyclic) bond motifs is 1. The van der Waals surface area contributed by atoms with Gasteiger partial charge in [0.25, 0.3) is 11.8 Å². The van der Waals surface area contributed by atoms with Crippen molar-refractivity contribution in [3.05, 3.63) is 87.9 Å². The van der Waals surface area contributed by atoms with Gasteiger partial charge in [-0.3, -0.25) is 9.59 Å². The van der Waals surface area contributed by atoms with Crippen LogP contribution in [-0.2, 0) is 4.79 Å². The third-order valence-electron chi connectivity index (χ3n) is 4.86. The van der Waals surface area contributed by atoms with Crippen molar-refractivity contribution in [2.75, 3.05) is 12.4 Å². The predicted molar refractivity (Wildman–Crippen MR) is 124 cm³/mol. The smallest absolute Gasteiger partial charge is 0.271 e. The van der Waals surface area contributed by atoms with E-state index in [0.29, 0.717) is 33.2 Å². The summed E-state index contributed by atoms with van der Waals surface area (Å²) in [4.78, 5) is 24.6. The lowest BCUT2D eigenvalue weighted by Gasteiger charge is -2.04. The molecule has 8 heteroatoms. The summed E-state index contributed by atoms with van der Waals surface area (Å²) in [5, 5.41) is 17.1. The Morgan fingerprint density at radius 2 is 1.91 bits per heavy atom. The van der Waals surface area contributed by atoms with Crippen LogP contribution in [0.2, 0.25) is 5.02 Å². The van der Waals surface area contributed by atoms with Crippen LogP contribution in [0.4, 0.5) is 5.69 Å². The molecule has 2 amide bonds. The molecule has 0 radical (unpaired) electrons. The number of hydrogen-bond donors (Lipinski definition) is 3. The summed E-state index contributed by atoms with van der Waals surface area (Å²) in [6, 6.07) is 16.7. The standard InChI is InChI=1S/C24H18ClN3O4/c1-32-18-8-6-16(22(29)12-18)13-26-28-23(30)15-4-2-14(3-5-15)10-20-19-11-17(25)7-9-21(19)27-24(20)31/h2-13,29H,1H3,(H,27,31)(H,28,30)/b20-10+,26-13+. The molecule has 0 fully saturated rings. The Hall–Kier alpha value is -4.10. The first-order valence-corrected chi connectivity index (χ1v) is 9.96. The van der Waals surface area contributed by atoms with Crippen LogP contribution in [0.15, 0.2) is 65.8 Å². The van der Waals surface area contributed by atoms with Gasteiger partial charge in [0.1, 0.15) is 11.5 Å². The molecule has 0 aromatic heterocycles. The first-order valence-electron chi connectivity index (χ1n) is 9.58. The largest absolute Gasteiger partial charge is 0.507 e. The van der Waals surface area contributed by atoms with Gasteiger partial charge in [0.05, 0.1) is 13.3 Å². The molecule has 0 saturated carbocycles. The number of ether oxygens (including phenoxy) is 1. The molecule has 3 N–H and O–H groups in total. The van der Waals surface area contributed by atoms with Crippen LogP contribution >= 0.6 is 11.6 Å². The number of aromatic hydroxyl groups is 1. The van der Waals surface area contributed by atoms with Crippen molar-refractivity contribution in [2.24, 2.45) is 5.10 Å². The van der Waals surface area contributed by atoms with Crippen LogP contribution in [0, 0.1) is 0 Å². The van der Waals surface area contributed by atoms with Gasteiger partial charge in [0.15, 0.2) is 0 Å². The summed E-state index contributed by atoms with van der Waals surface area (Å²) in [6.45, 7) is 0. The zero-order valence-corrected chi connectivity index (χ0v) is 17.7. The van der Waals surface area contributed by atoms with E-state index in [9.17, 15) is 14.7 Å². The lowest BCUT2D eigenvalue weighted by molar-refractivity contribution is -0.110. The zero-order valence-electron chi connectivity index (χ0n) is 16.9. The Bertz CT molecular complexity index is 1270. The van der Waals surface area contributed by atoms with Crippen molar-refractivity contribution in [3.8, 4) is 11.5 Å². The average molecular weight is 448 g/mol. The molecule has 7 nitrogen and oxygen atoms in total. The van der Waals surface area contributed by atoms with Crippen LogP contribution in [0.3, 0.4) is 0 Å². The van der Waals surface area contributed by atoms with E-state index in [2.05, 4.69) is 15.8 Å². The van der Waals surface area contributed by atoms with Gasteiger partial charge in [-0.1, -0.05) is 23.7 Å². The minimum absolute atomic E-state index is 0.0152. The second kappa shape index (κ2) is 8.95. The molecule has 0 unspecified atom stereocenters. The van der Waals surface area contributed by atoms with Gasteiger partial charge in [0.2, 0.25) is 0 Å². The van der Waals surface area contributed by atoms with E-state index in [4.69, 9.17) is 16.3 Å². The summed E-state index contributed by atoms with van der Waals surface area (Å²) in [5.41, 5.74) is 5.95. The molecule has 0 spiro atoms. The Kier molecular flexibility index (Phi) is 5.91. The Labute approximate surface area is 189 Å². The molecule has 160 valence electrons. The van der Waals surface area contributed by atoms with Crippen LogP contribution in [-0.4, -0.2) is 30.2 Å². The number of carbonyl (C=O) groups excluding carboxylic acids is 2. The summed E-state index contributed by atoms with van der Waals surface area (Å²) < 4.78 is 5.02. The molecule has 0 atom stereocenters. The molecule has 1 heterocycles. The molecule has 4 rings (SSSR count). The van der Waals surface area contributed by atoms with E-state index >= 15 is 0 Å². The third kappa shape index (κ3) is 4.48. The number of benzene rings is 3. The maximum absolute atomic E-state index is 12.3. The van der Waals surface area contributed by atoms with E-state index in [1.807, 2.05) is 0 Å². The molecule has 1 aliphatic heterocycles. The SMILES string of the molecule is COc1ccc(/C=N/NC(=O)c2ccc(/C=C3/C(=O)Nc4ccc(Cl)cc43)cc2)c(O)c1. The number of amides is 2. The van der Waals surface area contributed by atoms with Gasteiger partial charge in [-0.15, -0.1) is 0 Å². The minimum Gasteiger partial charge on any atom is -0.507 e. The lowest BCUT2D eigenvalue weighted by Crippen LogP contribution is -2.17. The van der Waals surface area contributed by atoms with Gasteiger partial charge in [-0.2, -0.15) is 5.10 Å². The van der Waals surface area contributed by atoms with Gasteiger partial charge in [-0.05, 0) is 54.1 Å². The molecular formula is C24H18ClN3O4. The molecule has 3 aromatic carbocycles. The van der Waals surface area contributed by atoms with E-state index in [1.54, 1.807) is 60.7 Å². The van der Waals surface area contributed by atoms with Crippen LogP contribution in [0.1, 0.15) is 27.0 Å². The molecule has 0 aliphatic carbocycles. The number of halogens is 1. The highest BCUT2D eigenvalue weighted by Gasteiger charge is 2.24. The van der Waals surface area contributed by atoms with Gasteiger partial charge >= 0.3 is 0 Å². The number of nitrogens with one attached hydrogen (secondary N) is 2. The Morgan fingerprint density at radius 3 is 2.62 bits per heavy atom. The topological polar surface area (TPSA) is 100 Å². The second-order valence-corrected chi connectivity index (χ2v) is 7.38.